The number of nitrogens with one attached hydrogen (secondary N) is 1. The summed E-state index contributed by atoms with van der Waals surface area (Å²) in [6, 6.07) is 12.7. The lowest BCUT2D eigenvalue weighted by Gasteiger charge is -2.33. The maximum Gasteiger partial charge on any atom is 0.414 e. The molecule has 0 radical (unpaired) electrons. The van der Waals surface area contributed by atoms with Crippen LogP contribution in [0.2, 0.25) is 0 Å². The summed E-state index contributed by atoms with van der Waals surface area (Å²) in [4.78, 5) is 24.2. The maximum absolute atomic E-state index is 12.4. The van der Waals surface area contributed by atoms with Crippen molar-refractivity contribution in [3.63, 3.8) is 0 Å². The van der Waals surface area contributed by atoms with Crippen LogP contribution in [0, 0.1) is 0 Å². The average molecular weight is 349 g/mol. The molecule has 108 valence electrons. The lowest BCUT2D eigenvalue weighted by molar-refractivity contribution is -0.133. The number of halogens is 1. The monoisotopic (exact) mass is 348 g/mol. The summed E-state index contributed by atoms with van der Waals surface area (Å²) in [7, 11) is 0. The topological polar surface area (TPSA) is 69.6 Å². The first-order chi connectivity index (χ1) is 10.1. The zero-order valence-corrected chi connectivity index (χ0v) is 12.6. The Morgan fingerprint density at radius 3 is 2.71 bits per heavy atom. The van der Waals surface area contributed by atoms with Crippen LogP contribution in [-0.2, 0) is 4.79 Å². The predicted molar refractivity (Wildman–Crippen MR) is 82.3 cm³/mol. The third-order valence-corrected chi connectivity index (χ3v) is 4.12. The molecule has 0 spiro atoms. The zero-order valence-electron chi connectivity index (χ0n) is 11.0. The number of carbonyl (C=O) groups is 2. The number of fused-ring (bicyclic) bond motifs is 1. The first kappa shape index (κ1) is 14.0. The minimum absolute atomic E-state index is 0.0927. The number of imide groups is 1. The number of carboxylic acid groups (broad SMARTS) is 1. The van der Waals surface area contributed by atoms with Gasteiger partial charge in [0, 0.05) is 0 Å². The van der Waals surface area contributed by atoms with Crippen molar-refractivity contribution in [3.8, 4) is 0 Å². The van der Waals surface area contributed by atoms with Gasteiger partial charge in [-0.25, -0.2) is 9.69 Å². The van der Waals surface area contributed by atoms with Gasteiger partial charge in [-0.1, -0.05) is 58.4 Å². The molecular weight excluding hydrogens is 336 g/mol. The molecule has 2 amide bonds. The molecule has 3 rings (SSSR count). The molecule has 1 aliphatic heterocycles. The van der Waals surface area contributed by atoms with Gasteiger partial charge in [0.15, 0.2) is 0 Å². The molecule has 6 heteroatoms. The molecule has 2 aromatic rings. The number of rotatable bonds is 1. The van der Waals surface area contributed by atoms with Crippen LogP contribution in [-0.4, -0.2) is 33.5 Å². The van der Waals surface area contributed by atoms with Crippen LogP contribution in [0.25, 0.3) is 10.8 Å². The average Bonchev–Trinajstić information content (AvgIpc) is 2.48. The highest BCUT2D eigenvalue weighted by Crippen LogP contribution is 2.29. The normalized spacial score (nSPS) is 22.5. The molecule has 1 saturated heterocycles. The molecule has 5 nitrogen and oxygen atoms in total. The number of carbonyl (C=O) groups excluding carboxylic acids is 1. The first-order valence-corrected chi connectivity index (χ1v) is 7.41. The van der Waals surface area contributed by atoms with E-state index in [1.54, 1.807) is 0 Å². The van der Waals surface area contributed by atoms with Gasteiger partial charge in [-0.2, -0.15) is 0 Å². The third-order valence-electron chi connectivity index (χ3n) is 3.57. The number of alkyl halides is 1. The van der Waals surface area contributed by atoms with Crippen LogP contribution in [0.5, 0.6) is 0 Å². The minimum Gasteiger partial charge on any atom is -0.465 e. The lowest BCUT2D eigenvalue weighted by Crippen LogP contribution is -2.55. The maximum atomic E-state index is 12.4. The fourth-order valence-electron chi connectivity index (χ4n) is 2.61. The van der Waals surface area contributed by atoms with Crippen molar-refractivity contribution >= 4 is 38.7 Å². The van der Waals surface area contributed by atoms with E-state index in [-0.39, 0.29) is 11.5 Å². The van der Waals surface area contributed by atoms with E-state index >= 15 is 0 Å². The van der Waals surface area contributed by atoms with Gasteiger partial charge >= 0.3 is 6.09 Å². The Balaban J connectivity index is 2.08. The van der Waals surface area contributed by atoms with Crippen LogP contribution < -0.4 is 5.32 Å². The quantitative estimate of drug-likeness (QED) is 0.614. The highest BCUT2D eigenvalue weighted by Gasteiger charge is 2.37. The summed E-state index contributed by atoms with van der Waals surface area (Å²) >= 11 is 3.36. The van der Waals surface area contributed by atoms with Crippen LogP contribution >= 0.6 is 15.9 Å². The number of piperazine rings is 1. The van der Waals surface area contributed by atoms with E-state index < -0.39 is 18.0 Å². The highest BCUT2D eigenvalue weighted by atomic mass is 79.9. The number of benzene rings is 2. The molecule has 21 heavy (non-hydrogen) atoms. The Bertz CT molecular complexity index is 714. The summed E-state index contributed by atoms with van der Waals surface area (Å²) in [6.45, 7) is 0.0927. The van der Waals surface area contributed by atoms with E-state index in [9.17, 15) is 9.59 Å². The number of hydrogen-bond acceptors (Lipinski definition) is 3. The molecule has 0 aromatic heterocycles. The summed E-state index contributed by atoms with van der Waals surface area (Å²) in [5.74, 6) is -0.449. The molecule has 0 saturated carbocycles. The van der Waals surface area contributed by atoms with E-state index in [0.29, 0.717) is 0 Å². The van der Waals surface area contributed by atoms with Crippen molar-refractivity contribution in [2.75, 3.05) is 6.54 Å². The van der Waals surface area contributed by atoms with Gasteiger partial charge in [0.25, 0.3) is 5.91 Å². The van der Waals surface area contributed by atoms with E-state index in [1.807, 2.05) is 42.5 Å². The van der Waals surface area contributed by atoms with E-state index in [4.69, 9.17) is 5.11 Å². The smallest absolute Gasteiger partial charge is 0.414 e. The van der Waals surface area contributed by atoms with Crippen molar-refractivity contribution in [2.45, 2.75) is 11.0 Å². The Morgan fingerprint density at radius 2 is 1.95 bits per heavy atom. The van der Waals surface area contributed by atoms with Gasteiger partial charge in [0.1, 0.15) is 6.04 Å². The molecule has 2 atom stereocenters. The molecule has 2 N–H and O–H groups in total. The predicted octanol–water partition coefficient (Wildman–Crippen LogP) is 2.71. The zero-order chi connectivity index (χ0) is 15.0. The molecular formula is C15H13BrN2O3. The largest absolute Gasteiger partial charge is 0.465 e. The van der Waals surface area contributed by atoms with Gasteiger partial charge in [-0.05, 0) is 16.3 Å². The fraction of sp³-hybridized carbons (Fsp3) is 0.200. The Labute approximate surface area is 129 Å². The molecule has 2 unspecified atom stereocenters. The summed E-state index contributed by atoms with van der Waals surface area (Å²) in [5.41, 5.74) is 0.786. The molecule has 0 aliphatic carbocycles. The Hall–Kier alpha value is -1.92. The molecule has 0 bridgehead atoms. The highest BCUT2D eigenvalue weighted by molar-refractivity contribution is 9.09. The number of amides is 2. The van der Waals surface area contributed by atoms with Gasteiger partial charge in [0.2, 0.25) is 0 Å². The minimum atomic E-state index is -1.23. The Morgan fingerprint density at radius 1 is 1.24 bits per heavy atom. The van der Waals surface area contributed by atoms with E-state index in [0.717, 1.165) is 21.2 Å². The van der Waals surface area contributed by atoms with Gasteiger partial charge < -0.3 is 5.11 Å². The Kier molecular flexibility index (Phi) is 3.65. The molecule has 1 heterocycles. The van der Waals surface area contributed by atoms with Crippen LogP contribution in [0.3, 0.4) is 0 Å². The number of nitrogens with zero attached hydrogens (tertiary/aromatic N) is 1. The summed E-state index contributed by atoms with van der Waals surface area (Å²) < 4.78 is 0. The van der Waals surface area contributed by atoms with Gasteiger partial charge in [0.05, 0.1) is 11.5 Å². The van der Waals surface area contributed by atoms with Crippen LogP contribution in [0.4, 0.5) is 4.79 Å². The standard InChI is InChI=1S/C15H13BrN2O3/c16-12-8-18(15(20)21)14(19)13(17-12)11-7-3-5-9-4-1-2-6-10(9)11/h1-7,12-13,17H,8H2,(H,20,21). The SMILES string of the molecule is O=C(O)N1CC(Br)NC(c2cccc3ccccc23)C1=O. The van der Waals surface area contributed by atoms with Gasteiger partial charge in [-0.15, -0.1) is 0 Å². The molecule has 1 aliphatic rings. The molecule has 2 aromatic carbocycles. The second-order valence-electron chi connectivity index (χ2n) is 4.87. The van der Waals surface area contributed by atoms with Crippen LogP contribution in [0.15, 0.2) is 42.5 Å². The van der Waals surface area contributed by atoms with Crippen molar-refractivity contribution in [3.05, 3.63) is 48.0 Å². The van der Waals surface area contributed by atoms with E-state index in [2.05, 4.69) is 21.2 Å². The lowest BCUT2D eigenvalue weighted by atomic mass is 9.97. The third kappa shape index (κ3) is 2.52. The second kappa shape index (κ2) is 5.46. The van der Waals surface area contributed by atoms with Crippen molar-refractivity contribution < 1.29 is 14.7 Å². The van der Waals surface area contributed by atoms with Gasteiger partial charge in [-0.3, -0.25) is 10.1 Å². The van der Waals surface area contributed by atoms with E-state index in [1.165, 1.54) is 0 Å². The molecule has 1 fully saturated rings. The summed E-state index contributed by atoms with van der Waals surface area (Å²) in [6.07, 6.45) is -1.23. The number of hydrogen-bond donors (Lipinski definition) is 2. The fourth-order valence-corrected chi connectivity index (χ4v) is 3.16. The second-order valence-corrected chi connectivity index (χ2v) is 5.97. The van der Waals surface area contributed by atoms with Crippen LogP contribution in [0.1, 0.15) is 11.6 Å². The van der Waals surface area contributed by atoms with Crippen molar-refractivity contribution in [1.29, 1.82) is 0 Å². The van der Waals surface area contributed by atoms with Crippen molar-refractivity contribution in [2.24, 2.45) is 0 Å². The summed E-state index contributed by atoms with van der Waals surface area (Å²) in [5, 5.41) is 14.2. The van der Waals surface area contributed by atoms with Crippen molar-refractivity contribution in [1.82, 2.24) is 10.2 Å². The first-order valence-electron chi connectivity index (χ1n) is 6.50.